The van der Waals surface area contributed by atoms with Gasteiger partial charge in [0.05, 0.1) is 25.9 Å². The number of fused-ring (bicyclic) bond motifs is 1. The number of benzene rings is 1. The van der Waals surface area contributed by atoms with Crippen LogP contribution in [0.1, 0.15) is 37.7 Å². The van der Waals surface area contributed by atoms with Crippen molar-refractivity contribution in [2.24, 2.45) is 0 Å². The molecule has 0 unspecified atom stereocenters. The molecule has 3 fully saturated rings. The molecule has 2 saturated heterocycles. The normalized spacial score (nSPS) is 31.5. The third-order valence-electron chi connectivity index (χ3n) is 5.57. The molecule has 1 saturated carbocycles. The Morgan fingerprint density at radius 2 is 1.77 bits per heavy atom. The molecule has 0 aromatic heterocycles. The molecular formula is C20H28N2O3S. The van der Waals surface area contributed by atoms with E-state index in [0.717, 1.165) is 5.11 Å². The van der Waals surface area contributed by atoms with Gasteiger partial charge in [0.1, 0.15) is 18.3 Å². The van der Waals surface area contributed by atoms with Crippen LogP contribution < -0.4 is 10.6 Å². The Hall–Kier alpha value is -1.21. The van der Waals surface area contributed by atoms with Gasteiger partial charge in [-0.25, -0.2) is 0 Å². The maximum atomic E-state index is 6.05. The monoisotopic (exact) mass is 376 g/mol. The highest BCUT2D eigenvalue weighted by molar-refractivity contribution is 7.80. The van der Waals surface area contributed by atoms with E-state index in [4.69, 9.17) is 26.4 Å². The van der Waals surface area contributed by atoms with Gasteiger partial charge < -0.3 is 24.8 Å². The van der Waals surface area contributed by atoms with E-state index in [1.54, 1.807) is 0 Å². The lowest BCUT2D eigenvalue weighted by molar-refractivity contribution is -0.0391. The van der Waals surface area contributed by atoms with Gasteiger partial charge in [0.15, 0.2) is 5.11 Å². The van der Waals surface area contributed by atoms with E-state index in [-0.39, 0.29) is 24.4 Å². The first kappa shape index (κ1) is 18.2. The first-order valence-electron chi connectivity index (χ1n) is 9.75. The van der Waals surface area contributed by atoms with Crippen LogP contribution in [0.5, 0.6) is 0 Å². The summed E-state index contributed by atoms with van der Waals surface area (Å²) in [4.78, 5) is 0. The van der Waals surface area contributed by atoms with Crippen molar-refractivity contribution >= 4 is 17.3 Å². The van der Waals surface area contributed by atoms with Crippen LogP contribution in [0.15, 0.2) is 30.3 Å². The third-order valence-corrected chi connectivity index (χ3v) is 5.81. The molecule has 1 aromatic rings. The van der Waals surface area contributed by atoms with Gasteiger partial charge in [-0.05, 0) is 30.6 Å². The summed E-state index contributed by atoms with van der Waals surface area (Å²) in [5.74, 6) is 0. The molecule has 3 aliphatic rings. The van der Waals surface area contributed by atoms with Crippen LogP contribution in [0.2, 0.25) is 0 Å². The molecule has 1 aliphatic carbocycles. The van der Waals surface area contributed by atoms with E-state index >= 15 is 0 Å². The Kier molecular flexibility index (Phi) is 6.05. The van der Waals surface area contributed by atoms with Gasteiger partial charge in [0.2, 0.25) is 0 Å². The maximum absolute atomic E-state index is 6.05. The first-order valence-corrected chi connectivity index (χ1v) is 10.2. The Balaban J connectivity index is 1.24. The Labute approximate surface area is 160 Å². The number of hydrogen-bond donors (Lipinski definition) is 2. The van der Waals surface area contributed by atoms with E-state index in [1.165, 1.54) is 37.7 Å². The lowest BCUT2D eigenvalue weighted by atomic mass is 9.96. The van der Waals surface area contributed by atoms with Gasteiger partial charge in [-0.2, -0.15) is 0 Å². The van der Waals surface area contributed by atoms with Gasteiger partial charge >= 0.3 is 0 Å². The SMILES string of the molecule is S=C(NC1CCCCC1)N[C@H]1CO[C@H]2[C@H]1OC[C@@H]2OCc1ccccc1. The van der Waals surface area contributed by atoms with Gasteiger partial charge in [-0.1, -0.05) is 49.6 Å². The van der Waals surface area contributed by atoms with E-state index in [1.807, 2.05) is 18.2 Å². The van der Waals surface area contributed by atoms with Gasteiger partial charge in [-0.15, -0.1) is 0 Å². The smallest absolute Gasteiger partial charge is 0.166 e. The molecule has 2 heterocycles. The van der Waals surface area contributed by atoms with E-state index in [2.05, 4.69) is 22.8 Å². The molecular weight excluding hydrogens is 348 g/mol. The summed E-state index contributed by atoms with van der Waals surface area (Å²) < 4.78 is 18.0. The standard InChI is InChI=1S/C20H28N2O3S/c26-20(21-15-9-5-2-6-10-15)22-16-12-24-19-17(13-25-18(16)19)23-11-14-7-3-1-4-8-14/h1,3-4,7-8,15-19H,2,5-6,9-13H2,(H2,21,22,26)/t16-,17-,18-,19+/m0/s1. The fourth-order valence-electron chi connectivity index (χ4n) is 4.15. The van der Waals surface area contributed by atoms with E-state index < -0.39 is 0 Å². The molecule has 6 heteroatoms. The Bertz CT molecular complexity index is 594. The Morgan fingerprint density at radius 1 is 1.00 bits per heavy atom. The van der Waals surface area contributed by atoms with Crippen LogP contribution in [0, 0.1) is 0 Å². The number of ether oxygens (including phenoxy) is 3. The van der Waals surface area contributed by atoms with E-state index in [0.29, 0.717) is 25.9 Å². The number of rotatable bonds is 5. The molecule has 0 bridgehead atoms. The highest BCUT2D eigenvalue weighted by Crippen LogP contribution is 2.29. The summed E-state index contributed by atoms with van der Waals surface area (Å²) in [6.45, 7) is 1.76. The highest BCUT2D eigenvalue weighted by atomic mass is 32.1. The second kappa shape index (κ2) is 8.65. The minimum absolute atomic E-state index is 0.00174. The van der Waals surface area contributed by atoms with Crippen LogP contribution >= 0.6 is 12.2 Å². The zero-order valence-electron chi connectivity index (χ0n) is 15.1. The van der Waals surface area contributed by atoms with Crippen molar-refractivity contribution in [3.63, 3.8) is 0 Å². The predicted octanol–water partition coefficient (Wildman–Crippen LogP) is 2.53. The average Bonchev–Trinajstić information content (AvgIpc) is 3.25. The van der Waals surface area contributed by atoms with Gasteiger partial charge in [0, 0.05) is 6.04 Å². The summed E-state index contributed by atoms with van der Waals surface area (Å²) in [5.41, 5.74) is 1.17. The molecule has 26 heavy (non-hydrogen) atoms. The third kappa shape index (κ3) is 4.36. The lowest BCUT2D eigenvalue weighted by Gasteiger charge is -2.26. The summed E-state index contributed by atoms with van der Waals surface area (Å²) in [6.07, 6.45) is 6.31. The van der Waals surface area contributed by atoms with Crippen LogP contribution in [0.4, 0.5) is 0 Å². The molecule has 0 spiro atoms. The number of nitrogens with one attached hydrogen (secondary N) is 2. The molecule has 4 atom stereocenters. The van der Waals surface area contributed by atoms with Crippen LogP contribution in [0.25, 0.3) is 0 Å². The molecule has 0 amide bonds. The summed E-state index contributed by atoms with van der Waals surface area (Å²) >= 11 is 5.51. The number of thiocarbonyl (C=S) groups is 1. The molecule has 0 radical (unpaired) electrons. The fourth-order valence-corrected chi connectivity index (χ4v) is 4.47. The number of hydrogen-bond acceptors (Lipinski definition) is 4. The van der Waals surface area contributed by atoms with Crippen molar-refractivity contribution in [2.75, 3.05) is 13.2 Å². The van der Waals surface area contributed by atoms with Crippen LogP contribution in [-0.2, 0) is 20.8 Å². The first-order chi connectivity index (χ1) is 12.8. The zero-order valence-corrected chi connectivity index (χ0v) is 15.9. The van der Waals surface area contributed by atoms with Crippen LogP contribution in [0.3, 0.4) is 0 Å². The Morgan fingerprint density at radius 3 is 2.58 bits per heavy atom. The average molecular weight is 377 g/mol. The molecule has 2 aliphatic heterocycles. The highest BCUT2D eigenvalue weighted by Gasteiger charge is 2.48. The topological polar surface area (TPSA) is 51.8 Å². The summed E-state index contributed by atoms with van der Waals surface area (Å²) in [7, 11) is 0. The van der Waals surface area contributed by atoms with Crippen LogP contribution in [-0.4, -0.2) is 48.7 Å². The summed E-state index contributed by atoms with van der Waals surface area (Å²) in [5, 5.41) is 7.59. The predicted molar refractivity (Wildman–Crippen MR) is 104 cm³/mol. The van der Waals surface area contributed by atoms with Gasteiger partial charge in [-0.3, -0.25) is 0 Å². The van der Waals surface area contributed by atoms with Crippen molar-refractivity contribution in [1.29, 1.82) is 0 Å². The summed E-state index contributed by atoms with van der Waals surface area (Å²) in [6, 6.07) is 10.8. The van der Waals surface area contributed by atoms with Crippen molar-refractivity contribution in [2.45, 2.75) is 69.1 Å². The van der Waals surface area contributed by atoms with Crippen molar-refractivity contribution in [1.82, 2.24) is 10.6 Å². The second-order valence-electron chi connectivity index (χ2n) is 7.49. The minimum Gasteiger partial charge on any atom is -0.370 e. The van der Waals surface area contributed by atoms with Crippen molar-refractivity contribution in [3.05, 3.63) is 35.9 Å². The van der Waals surface area contributed by atoms with Gasteiger partial charge in [0.25, 0.3) is 0 Å². The molecule has 4 rings (SSSR count). The van der Waals surface area contributed by atoms with Crippen molar-refractivity contribution < 1.29 is 14.2 Å². The molecule has 1 aromatic carbocycles. The minimum atomic E-state index is -0.0214. The fraction of sp³-hybridized carbons (Fsp3) is 0.650. The maximum Gasteiger partial charge on any atom is 0.166 e. The largest absolute Gasteiger partial charge is 0.370 e. The van der Waals surface area contributed by atoms with Crippen molar-refractivity contribution in [3.8, 4) is 0 Å². The quantitative estimate of drug-likeness (QED) is 0.771. The molecule has 2 N–H and O–H groups in total. The van der Waals surface area contributed by atoms with E-state index in [9.17, 15) is 0 Å². The molecule has 5 nitrogen and oxygen atoms in total. The zero-order chi connectivity index (χ0) is 17.8. The lowest BCUT2D eigenvalue weighted by Crippen LogP contribution is -2.50. The second-order valence-corrected chi connectivity index (χ2v) is 7.90. The molecule has 142 valence electrons.